The fraction of sp³-hybridized carbons (Fsp3) is 0.200. The van der Waals surface area contributed by atoms with E-state index in [9.17, 15) is 8.42 Å². The molecule has 0 radical (unpaired) electrons. The van der Waals surface area contributed by atoms with E-state index in [1.807, 2.05) is 0 Å². The van der Waals surface area contributed by atoms with Crippen LogP contribution in [-0.2, 0) is 10.0 Å². The van der Waals surface area contributed by atoms with Gasteiger partial charge in [0.2, 0.25) is 0 Å². The molecule has 0 aromatic carbocycles. The van der Waals surface area contributed by atoms with Crippen LogP contribution >= 0.6 is 0 Å². The van der Waals surface area contributed by atoms with Crippen LogP contribution in [0, 0.1) is 0 Å². The van der Waals surface area contributed by atoms with Gasteiger partial charge in [-0.15, -0.1) is 0 Å². The van der Waals surface area contributed by atoms with E-state index >= 15 is 0 Å². The SMILES string of the molecule is NS(=O)(=O)C1=CC=CCN1. The molecule has 0 saturated heterocycles. The van der Waals surface area contributed by atoms with Gasteiger partial charge < -0.3 is 5.32 Å². The molecular weight excluding hydrogens is 152 g/mol. The Bertz CT molecular complexity index is 276. The predicted molar refractivity (Wildman–Crippen MR) is 38.3 cm³/mol. The van der Waals surface area contributed by atoms with Crippen LogP contribution in [0.25, 0.3) is 0 Å². The molecule has 0 aliphatic carbocycles. The summed E-state index contributed by atoms with van der Waals surface area (Å²) in [6.45, 7) is 0.516. The van der Waals surface area contributed by atoms with Crippen molar-refractivity contribution in [3.8, 4) is 0 Å². The first-order chi connectivity index (χ1) is 4.61. The number of nitrogens with two attached hydrogens (primary N) is 1. The van der Waals surface area contributed by atoms with Crippen LogP contribution in [0.4, 0.5) is 0 Å². The molecule has 0 saturated carbocycles. The largest absolute Gasteiger partial charge is 0.371 e. The molecule has 5 heteroatoms. The van der Waals surface area contributed by atoms with E-state index < -0.39 is 10.0 Å². The summed E-state index contributed by atoms with van der Waals surface area (Å²) in [5.74, 6) is 0. The van der Waals surface area contributed by atoms with Crippen molar-refractivity contribution in [3.63, 3.8) is 0 Å². The molecule has 0 fully saturated rings. The monoisotopic (exact) mass is 160 g/mol. The van der Waals surface area contributed by atoms with E-state index in [4.69, 9.17) is 5.14 Å². The molecule has 0 aromatic rings. The van der Waals surface area contributed by atoms with Crippen LogP contribution in [0.15, 0.2) is 23.3 Å². The lowest BCUT2D eigenvalue weighted by molar-refractivity contribution is 0.599. The quantitative estimate of drug-likeness (QED) is 0.531. The highest BCUT2D eigenvalue weighted by Gasteiger charge is 2.10. The molecule has 1 aliphatic heterocycles. The Hall–Kier alpha value is -0.810. The first-order valence-electron chi connectivity index (χ1n) is 2.74. The summed E-state index contributed by atoms with van der Waals surface area (Å²) >= 11 is 0. The molecule has 10 heavy (non-hydrogen) atoms. The van der Waals surface area contributed by atoms with Gasteiger partial charge >= 0.3 is 0 Å². The topological polar surface area (TPSA) is 72.2 Å². The first kappa shape index (κ1) is 7.30. The standard InChI is InChI=1S/C5H8N2O2S/c6-10(8,9)5-3-1-2-4-7-5/h1-3,7H,4H2,(H2,6,8,9). The molecule has 4 nitrogen and oxygen atoms in total. The second kappa shape index (κ2) is 2.43. The number of hydrogen-bond donors (Lipinski definition) is 2. The summed E-state index contributed by atoms with van der Waals surface area (Å²) < 4.78 is 21.2. The van der Waals surface area contributed by atoms with Crippen molar-refractivity contribution in [3.05, 3.63) is 23.3 Å². The minimum absolute atomic E-state index is 0.0787. The molecule has 0 aromatic heterocycles. The van der Waals surface area contributed by atoms with Crippen molar-refractivity contribution in [2.75, 3.05) is 6.54 Å². The van der Waals surface area contributed by atoms with Gasteiger partial charge in [-0.25, -0.2) is 13.6 Å². The maximum Gasteiger partial charge on any atom is 0.253 e. The van der Waals surface area contributed by atoms with E-state index in [2.05, 4.69) is 5.32 Å². The summed E-state index contributed by atoms with van der Waals surface area (Å²) in [5.41, 5.74) is 0. The average molecular weight is 160 g/mol. The van der Waals surface area contributed by atoms with E-state index in [1.165, 1.54) is 6.08 Å². The zero-order valence-electron chi connectivity index (χ0n) is 5.24. The molecule has 0 spiro atoms. The Morgan fingerprint density at radius 2 is 2.30 bits per heavy atom. The molecule has 1 heterocycles. The number of allylic oxidation sites excluding steroid dienone is 2. The molecule has 1 rings (SSSR count). The van der Waals surface area contributed by atoms with Crippen LogP contribution in [0.1, 0.15) is 0 Å². The number of primary sulfonamides is 1. The zero-order valence-corrected chi connectivity index (χ0v) is 6.06. The first-order valence-corrected chi connectivity index (χ1v) is 4.29. The van der Waals surface area contributed by atoms with Crippen molar-refractivity contribution in [2.24, 2.45) is 5.14 Å². The maximum absolute atomic E-state index is 10.6. The Balaban J connectivity index is 2.93. The third-order valence-electron chi connectivity index (χ3n) is 1.08. The number of nitrogens with one attached hydrogen (secondary N) is 1. The number of sulfonamides is 1. The fourth-order valence-electron chi connectivity index (χ4n) is 0.637. The van der Waals surface area contributed by atoms with E-state index in [-0.39, 0.29) is 5.03 Å². The second-order valence-electron chi connectivity index (χ2n) is 1.88. The van der Waals surface area contributed by atoms with Gasteiger partial charge in [-0.3, -0.25) is 0 Å². The number of rotatable bonds is 1. The molecule has 3 N–H and O–H groups in total. The maximum atomic E-state index is 10.6. The normalized spacial score (nSPS) is 17.9. The highest BCUT2D eigenvalue weighted by atomic mass is 32.2. The average Bonchev–Trinajstić information content (AvgIpc) is 1.88. The van der Waals surface area contributed by atoms with Gasteiger partial charge in [0, 0.05) is 6.54 Å². The predicted octanol–water partition coefficient (Wildman–Crippen LogP) is -0.724. The Morgan fingerprint density at radius 3 is 2.60 bits per heavy atom. The van der Waals surface area contributed by atoms with Crippen molar-refractivity contribution in [2.45, 2.75) is 0 Å². The van der Waals surface area contributed by atoms with E-state index in [0.29, 0.717) is 6.54 Å². The smallest absolute Gasteiger partial charge is 0.253 e. The molecule has 0 amide bonds. The van der Waals surface area contributed by atoms with Gasteiger partial charge in [0.1, 0.15) is 5.03 Å². The van der Waals surface area contributed by atoms with Gasteiger partial charge in [-0.05, 0) is 6.08 Å². The van der Waals surface area contributed by atoms with Crippen molar-refractivity contribution in [1.29, 1.82) is 0 Å². The van der Waals surface area contributed by atoms with Crippen molar-refractivity contribution >= 4 is 10.0 Å². The lowest BCUT2D eigenvalue weighted by Crippen LogP contribution is -2.27. The Morgan fingerprint density at radius 1 is 1.60 bits per heavy atom. The minimum atomic E-state index is -3.53. The lowest BCUT2D eigenvalue weighted by atomic mass is 10.4. The van der Waals surface area contributed by atoms with Crippen LogP contribution in [0.5, 0.6) is 0 Å². The minimum Gasteiger partial charge on any atom is -0.371 e. The third-order valence-corrected chi connectivity index (χ3v) is 1.98. The Kier molecular flexibility index (Phi) is 1.78. The summed E-state index contributed by atoms with van der Waals surface area (Å²) in [6, 6.07) is 0. The Labute approximate surface area is 59.5 Å². The van der Waals surface area contributed by atoms with Gasteiger partial charge in [-0.2, -0.15) is 0 Å². The fourth-order valence-corrected chi connectivity index (χ4v) is 1.19. The number of dihydropyridines is 1. The van der Waals surface area contributed by atoms with E-state index in [1.54, 1.807) is 12.2 Å². The van der Waals surface area contributed by atoms with Crippen molar-refractivity contribution in [1.82, 2.24) is 5.32 Å². The molecular formula is C5H8N2O2S. The molecule has 1 aliphatic rings. The molecule has 0 bridgehead atoms. The summed E-state index contributed by atoms with van der Waals surface area (Å²) in [7, 11) is -3.53. The summed E-state index contributed by atoms with van der Waals surface area (Å²) in [5, 5.41) is 7.52. The van der Waals surface area contributed by atoms with E-state index in [0.717, 1.165) is 0 Å². The highest BCUT2D eigenvalue weighted by Crippen LogP contribution is 2.00. The lowest BCUT2D eigenvalue weighted by Gasteiger charge is -2.08. The second-order valence-corrected chi connectivity index (χ2v) is 3.41. The molecule has 0 atom stereocenters. The van der Waals surface area contributed by atoms with Crippen LogP contribution in [0.2, 0.25) is 0 Å². The van der Waals surface area contributed by atoms with Crippen LogP contribution in [-0.4, -0.2) is 15.0 Å². The van der Waals surface area contributed by atoms with Crippen LogP contribution < -0.4 is 10.5 Å². The van der Waals surface area contributed by atoms with Crippen LogP contribution in [0.3, 0.4) is 0 Å². The van der Waals surface area contributed by atoms with Gasteiger partial charge in [0.05, 0.1) is 0 Å². The molecule has 56 valence electrons. The molecule has 0 unspecified atom stereocenters. The zero-order chi connectivity index (χ0) is 7.61. The third kappa shape index (κ3) is 1.58. The summed E-state index contributed by atoms with van der Waals surface area (Å²) in [4.78, 5) is 0. The number of hydrogen-bond acceptors (Lipinski definition) is 3. The summed E-state index contributed by atoms with van der Waals surface area (Å²) in [6.07, 6.45) is 4.88. The van der Waals surface area contributed by atoms with Crippen molar-refractivity contribution < 1.29 is 8.42 Å². The van der Waals surface area contributed by atoms with Gasteiger partial charge in [-0.1, -0.05) is 12.2 Å². The highest BCUT2D eigenvalue weighted by molar-refractivity contribution is 7.93. The van der Waals surface area contributed by atoms with Gasteiger partial charge in [0.15, 0.2) is 0 Å². The van der Waals surface area contributed by atoms with Gasteiger partial charge in [0.25, 0.3) is 10.0 Å².